The number of benzene rings is 1. The first-order valence-corrected chi connectivity index (χ1v) is 6.02. The summed E-state index contributed by atoms with van der Waals surface area (Å²) in [6.45, 7) is 0. The summed E-state index contributed by atoms with van der Waals surface area (Å²) in [6.07, 6.45) is 5.80. The fourth-order valence-electron chi connectivity index (χ4n) is 2.40. The topological polar surface area (TPSA) is 55.1 Å². The van der Waals surface area contributed by atoms with Crippen molar-refractivity contribution in [2.45, 2.75) is 24.7 Å². The van der Waals surface area contributed by atoms with E-state index in [2.05, 4.69) is 5.10 Å². The largest absolute Gasteiger partial charge is 0.481 e. The molecule has 92 valence electrons. The lowest BCUT2D eigenvalue weighted by Crippen LogP contribution is -2.12. The molecule has 4 nitrogen and oxygen atoms in total. The van der Waals surface area contributed by atoms with Crippen LogP contribution in [0, 0.1) is 0 Å². The fraction of sp³-hybridized carbons (Fsp3) is 0.286. The Morgan fingerprint density at radius 1 is 1.33 bits per heavy atom. The van der Waals surface area contributed by atoms with Gasteiger partial charge in [-0.15, -0.1) is 0 Å². The lowest BCUT2D eigenvalue weighted by molar-refractivity contribution is -0.137. The van der Waals surface area contributed by atoms with E-state index in [1.54, 1.807) is 10.9 Å². The highest BCUT2D eigenvalue weighted by atomic mass is 16.4. The smallest absolute Gasteiger partial charge is 0.304 e. The first-order valence-electron chi connectivity index (χ1n) is 6.02. The summed E-state index contributed by atoms with van der Waals surface area (Å²) in [5, 5.41) is 13.1. The second-order valence-corrected chi connectivity index (χ2v) is 4.85. The van der Waals surface area contributed by atoms with Gasteiger partial charge in [0.25, 0.3) is 0 Å². The summed E-state index contributed by atoms with van der Waals surface area (Å²) in [5.74, 6) is -0.719. The molecule has 0 aliphatic heterocycles. The second kappa shape index (κ2) is 3.98. The van der Waals surface area contributed by atoms with Crippen LogP contribution in [0.3, 0.4) is 0 Å². The van der Waals surface area contributed by atoms with Crippen molar-refractivity contribution in [3.63, 3.8) is 0 Å². The molecule has 18 heavy (non-hydrogen) atoms. The van der Waals surface area contributed by atoms with Crippen molar-refractivity contribution in [3.8, 4) is 5.69 Å². The van der Waals surface area contributed by atoms with Gasteiger partial charge in [0.1, 0.15) is 0 Å². The Hall–Kier alpha value is -2.10. The summed E-state index contributed by atoms with van der Waals surface area (Å²) in [5.41, 5.74) is 2.00. The van der Waals surface area contributed by atoms with Gasteiger partial charge >= 0.3 is 5.97 Å². The molecule has 1 aliphatic carbocycles. The summed E-state index contributed by atoms with van der Waals surface area (Å²) in [4.78, 5) is 10.9. The van der Waals surface area contributed by atoms with E-state index in [9.17, 15) is 4.79 Å². The molecule has 1 saturated carbocycles. The van der Waals surface area contributed by atoms with Crippen LogP contribution in [0.1, 0.15) is 24.8 Å². The third-order valence-corrected chi connectivity index (χ3v) is 3.59. The van der Waals surface area contributed by atoms with E-state index >= 15 is 0 Å². The maximum atomic E-state index is 10.9. The Balaban J connectivity index is 1.86. The molecule has 1 aromatic heterocycles. The number of carboxylic acid groups (broad SMARTS) is 1. The van der Waals surface area contributed by atoms with Gasteiger partial charge in [-0.05, 0) is 36.6 Å². The monoisotopic (exact) mass is 242 g/mol. The van der Waals surface area contributed by atoms with Crippen LogP contribution in [0.25, 0.3) is 5.69 Å². The number of aliphatic carboxylic acids is 1. The normalized spacial score (nSPS) is 16.4. The number of nitrogens with zero attached hydrogens (tertiary/aromatic N) is 2. The van der Waals surface area contributed by atoms with Crippen LogP contribution in [0.4, 0.5) is 0 Å². The average Bonchev–Trinajstić information content (AvgIpc) is 2.93. The van der Waals surface area contributed by atoms with Crippen molar-refractivity contribution < 1.29 is 9.90 Å². The molecule has 4 heteroatoms. The quantitative estimate of drug-likeness (QED) is 0.895. The van der Waals surface area contributed by atoms with Gasteiger partial charge < -0.3 is 5.11 Å². The van der Waals surface area contributed by atoms with Crippen LogP contribution in [0.2, 0.25) is 0 Å². The highest BCUT2D eigenvalue weighted by Gasteiger charge is 2.45. The van der Waals surface area contributed by atoms with E-state index in [4.69, 9.17) is 5.11 Å². The Labute approximate surface area is 105 Å². The second-order valence-electron chi connectivity index (χ2n) is 4.85. The van der Waals surface area contributed by atoms with Gasteiger partial charge in [-0.2, -0.15) is 5.10 Å². The molecule has 2 aromatic rings. The minimum atomic E-state index is -0.719. The van der Waals surface area contributed by atoms with E-state index in [0.717, 1.165) is 24.1 Å². The van der Waals surface area contributed by atoms with Crippen LogP contribution < -0.4 is 0 Å². The minimum Gasteiger partial charge on any atom is -0.481 e. The number of carbonyl (C=O) groups is 1. The molecule has 1 aliphatic rings. The van der Waals surface area contributed by atoms with Crippen molar-refractivity contribution >= 4 is 5.97 Å². The van der Waals surface area contributed by atoms with Gasteiger partial charge in [0, 0.05) is 17.8 Å². The molecule has 0 atom stereocenters. The lowest BCUT2D eigenvalue weighted by Gasteiger charge is -2.13. The molecule has 1 heterocycles. The van der Waals surface area contributed by atoms with E-state index < -0.39 is 5.97 Å². The van der Waals surface area contributed by atoms with E-state index in [-0.39, 0.29) is 11.8 Å². The first-order chi connectivity index (χ1) is 8.70. The molecule has 1 aromatic carbocycles. The van der Waals surface area contributed by atoms with E-state index in [0.29, 0.717) is 0 Å². The molecular weight excluding hydrogens is 228 g/mol. The predicted octanol–water partition coefficient (Wildman–Crippen LogP) is 2.38. The lowest BCUT2D eigenvalue weighted by atomic mass is 9.92. The standard InChI is InChI=1S/C14H14N2O2/c17-13(18)10-14(6-7-14)11-2-4-12(5-3-11)16-9-1-8-15-16/h1-5,8-9H,6-7,10H2,(H,17,18). The Bertz CT molecular complexity index is 554. The Morgan fingerprint density at radius 3 is 2.56 bits per heavy atom. The SMILES string of the molecule is O=C(O)CC1(c2ccc(-n3cccn3)cc2)CC1. The molecule has 0 spiro atoms. The molecule has 0 amide bonds. The maximum absolute atomic E-state index is 10.9. The fourth-order valence-corrected chi connectivity index (χ4v) is 2.40. The molecule has 0 saturated heterocycles. The molecule has 1 fully saturated rings. The third kappa shape index (κ3) is 1.90. The number of rotatable bonds is 4. The summed E-state index contributed by atoms with van der Waals surface area (Å²) in [7, 11) is 0. The molecule has 0 radical (unpaired) electrons. The summed E-state index contributed by atoms with van der Waals surface area (Å²) >= 11 is 0. The van der Waals surface area contributed by atoms with Crippen LogP contribution in [-0.4, -0.2) is 20.9 Å². The van der Waals surface area contributed by atoms with Crippen LogP contribution in [-0.2, 0) is 10.2 Å². The van der Waals surface area contributed by atoms with Crippen LogP contribution >= 0.6 is 0 Å². The zero-order valence-electron chi connectivity index (χ0n) is 9.91. The maximum Gasteiger partial charge on any atom is 0.304 e. The highest BCUT2D eigenvalue weighted by Crippen LogP contribution is 2.51. The molecule has 0 bridgehead atoms. The van der Waals surface area contributed by atoms with Gasteiger partial charge in [0.05, 0.1) is 12.1 Å². The van der Waals surface area contributed by atoms with Gasteiger partial charge in [-0.25, -0.2) is 4.68 Å². The summed E-state index contributed by atoms with van der Waals surface area (Å²) < 4.78 is 1.79. The number of carboxylic acids is 1. The first kappa shape index (κ1) is 11.0. The van der Waals surface area contributed by atoms with Crippen molar-refractivity contribution in [1.29, 1.82) is 0 Å². The van der Waals surface area contributed by atoms with Crippen molar-refractivity contribution in [3.05, 3.63) is 48.3 Å². The van der Waals surface area contributed by atoms with Gasteiger partial charge in [0.15, 0.2) is 0 Å². The third-order valence-electron chi connectivity index (χ3n) is 3.59. The van der Waals surface area contributed by atoms with E-state index in [1.165, 1.54) is 0 Å². The predicted molar refractivity (Wildman–Crippen MR) is 66.7 cm³/mol. The Kier molecular flexibility index (Phi) is 2.44. The van der Waals surface area contributed by atoms with Gasteiger partial charge in [0.2, 0.25) is 0 Å². The Morgan fingerprint density at radius 2 is 2.06 bits per heavy atom. The van der Waals surface area contributed by atoms with Gasteiger partial charge in [-0.3, -0.25) is 4.79 Å². The molecular formula is C14H14N2O2. The number of hydrogen-bond acceptors (Lipinski definition) is 2. The summed E-state index contributed by atoms with van der Waals surface area (Å²) in [6, 6.07) is 9.90. The van der Waals surface area contributed by atoms with Crippen LogP contribution in [0.5, 0.6) is 0 Å². The molecule has 1 N–H and O–H groups in total. The van der Waals surface area contributed by atoms with Crippen LogP contribution in [0.15, 0.2) is 42.7 Å². The van der Waals surface area contributed by atoms with Crippen molar-refractivity contribution in [2.24, 2.45) is 0 Å². The highest BCUT2D eigenvalue weighted by molar-refractivity contribution is 5.70. The van der Waals surface area contributed by atoms with E-state index in [1.807, 2.05) is 36.5 Å². The van der Waals surface area contributed by atoms with Gasteiger partial charge in [-0.1, -0.05) is 12.1 Å². The number of aromatic nitrogens is 2. The van der Waals surface area contributed by atoms with Crippen molar-refractivity contribution in [2.75, 3.05) is 0 Å². The minimum absolute atomic E-state index is 0.117. The molecule has 0 unspecified atom stereocenters. The molecule has 3 rings (SSSR count). The zero-order valence-corrected chi connectivity index (χ0v) is 9.91. The average molecular weight is 242 g/mol. The van der Waals surface area contributed by atoms with Crippen molar-refractivity contribution in [1.82, 2.24) is 9.78 Å². The zero-order chi connectivity index (χ0) is 12.6. The number of hydrogen-bond donors (Lipinski definition) is 1.